The topological polar surface area (TPSA) is 41.6 Å². The Kier molecular flexibility index (Phi) is 4.46. The summed E-state index contributed by atoms with van der Waals surface area (Å²) in [6, 6.07) is 11.7. The van der Waals surface area contributed by atoms with Crippen LogP contribution >= 0.6 is 0 Å². The van der Waals surface area contributed by atoms with Gasteiger partial charge in [-0.2, -0.15) is 0 Å². The molecule has 0 saturated carbocycles. The second-order valence-corrected chi connectivity index (χ2v) is 5.66. The summed E-state index contributed by atoms with van der Waals surface area (Å²) in [6.07, 6.45) is 2.22. The van der Waals surface area contributed by atoms with Gasteiger partial charge in [-0.1, -0.05) is 12.1 Å². The predicted molar refractivity (Wildman–Crippen MR) is 88.6 cm³/mol. The van der Waals surface area contributed by atoms with Gasteiger partial charge in [-0.25, -0.2) is 4.39 Å². The highest BCUT2D eigenvalue weighted by Crippen LogP contribution is 2.28. The molecule has 0 aromatic heterocycles. The van der Waals surface area contributed by atoms with Gasteiger partial charge >= 0.3 is 0 Å². The molecule has 0 atom stereocenters. The van der Waals surface area contributed by atoms with Crippen molar-refractivity contribution in [2.45, 2.75) is 12.8 Å². The average molecular weight is 314 g/mol. The maximum absolute atomic E-state index is 13.1. The van der Waals surface area contributed by atoms with E-state index in [1.54, 1.807) is 12.1 Å². The van der Waals surface area contributed by atoms with E-state index in [0.29, 0.717) is 5.75 Å². The van der Waals surface area contributed by atoms with Crippen LogP contribution in [0.5, 0.6) is 5.75 Å². The highest BCUT2D eigenvalue weighted by molar-refractivity contribution is 5.92. The minimum Gasteiger partial charge on any atom is -0.484 e. The lowest BCUT2D eigenvalue weighted by atomic mass is 10.0. The molecule has 3 rings (SSSR count). The fourth-order valence-corrected chi connectivity index (χ4v) is 2.74. The molecule has 120 valence electrons. The third kappa shape index (κ3) is 3.80. The first kappa shape index (κ1) is 15.3. The van der Waals surface area contributed by atoms with Crippen molar-refractivity contribution in [1.82, 2.24) is 0 Å². The number of aryl methyl sites for hydroxylation is 1. The highest BCUT2D eigenvalue weighted by atomic mass is 19.1. The lowest BCUT2D eigenvalue weighted by Crippen LogP contribution is -2.25. The summed E-state index contributed by atoms with van der Waals surface area (Å²) in [4.78, 5) is 14.2. The maximum atomic E-state index is 13.1. The second kappa shape index (κ2) is 6.69. The zero-order chi connectivity index (χ0) is 16.2. The first-order valence-electron chi connectivity index (χ1n) is 7.64. The molecular formula is C18H19FN2O2. The van der Waals surface area contributed by atoms with Crippen molar-refractivity contribution in [3.63, 3.8) is 0 Å². The van der Waals surface area contributed by atoms with E-state index in [-0.39, 0.29) is 18.3 Å². The Labute approximate surface area is 134 Å². The molecule has 1 aliphatic heterocycles. The number of halogens is 1. The van der Waals surface area contributed by atoms with Crippen LogP contribution in [0.1, 0.15) is 12.0 Å². The van der Waals surface area contributed by atoms with Gasteiger partial charge in [0.05, 0.1) is 0 Å². The number of ether oxygens (including phenoxy) is 1. The molecule has 1 N–H and O–H groups in total. The fourth-order valence-electron chi connectivity index (χ4n) is 2.74. The zero-order valence-corrected chi connectivity index (χ0v) is 13.0. The molecule has 0 aliphatic carbocycles. The van der Waals surface area contributed by atoms with Gasteiger partial charge in [-0.15, -0.1) is 0 Å². The quantitative estimate of drug-likeness (QED) is 0.942. The van der Waals surface area contributed by atoms with Gasteiger partial charge in [0, 0.05) is 31.0 Å². The number of hydrogen-bond acceptors (Lipinski definition) is 3. The summed E-state index contributed by atoms with van der Waals surface area (Å²) in [7, 11) is 2.05. The third-order valence-electron chi connectivity index (χ3n) is 3.89. The SMILES string of the molecule is CN1CCCc2ccc(NC(=O)COc3cccc(F)c3)cc21. The summed E-state index contributed by atoms with van der Waals surface area (Å²) >= 11 is 0. The molecule has 0 fully saturated rings. The van der Waals surface area contributed by atoms with Gasteiger partial charge in [-0.05, 0) is 42.7 Å². The highest BCUT2D eigenvalue weighted by Gasteiger charge is 2.14. The van der Waals surface area contributed by atoms with Crippen LogP contribution < -0.4 is 15.0 Å². The summed E-state index contributed by atoms with van der Waals surface area (Å²) < 4.78 is 18.3. The lowest BCUT2D eigenvalue weighted by Gasteiger charge is -2.28. The van der Waals surface area contributed by atoms with Crippen LogP contribution in [0.4, 0.5) is 15.8 Å². The Bertz CT molecular complexity index is 718. The van der Waals surface area contributed by atoms with Crippen molar-refractivity contribution in [2.24, 2.45) is 0 Å². The molecule has 0 radical (unpaired) electrons. The molecule has 5 heteroatoms. The molecule has 0 saturated heterocycles. The van der Waals surface area contributed by atoms with Crippen molar-refractivity contribution in [3.8, 4) is 5.75 Å². The molecule has 0 unspecified atom stereocenters. The molecule has 4 nitrogen and oxygen atoms in total. The van der Waals surface area contributed by atoms with Crippen LogP contribution in [0, 0.1) is 5.82 Å². The van der Waals surface area contributed by atoms with Gasteiger partial charge in [0.25, 0.3) is 5.91 Å². The number of nitrogens with zero attached hydrogens (tertiary/aromatic N) is 1. The average Bonchev–Trinajstić information content (AvgIpc) is 2.54. The number of carbonyl (C=O) groups excluding carboxylic acids is 1. The van der Waals surface area contributed by atoms with Crippen molar-refractivity contribution >= 4 is 17.3 Å². The van der Waals surface area contributed by atoms with E-state index in [9.17, 15) is 9.18 Å². The van der Waals surface area contributed by atoms with Crippen LogP contribution in [0.25, 0.3) is 0 Å². The standard InChI is InChI=1S/C18H19FN2O2/c1-21-9-3-4-13-7-8-15(11-17(13)21)20-18(22)12-23-16-6-2-5-14(19)10-16/h2,5-8,10-11H,3-4,9,12H2,1H3,(H,20,22). The number of carbonyl (C=O) groups is 1. The molecule has 1 aliphatic rings. The van der Waals surface area contributed by atoms with Gasteiger partial charge < -0.3 is 15.0 Å². The van der Waals surface area contributed by atoms with E-state index in [4.69, 9.17) is 4.74 Å². The van der Waals surface area contributed by atoms with E-state index in [2.05, 4.69) is 17.3 Å². The molecular weight excluding hydrogens is 295 g/mol. The Morgan fingerprint density at radius 1 is 1.30 bits per heavy atom. The number of benzene rings is 2. The summed E-state index contributed by atoms with van der Waals surface area (Å²) in [6.45, 7) is 0.865. The fraction of sp³-hybridized carbons (Fsp3) is 0.278. The van der Waals surface area contributed by atoms with E-state index in [1.165, 1.54) is 17.7 Å². The van der Waals surface area contributed by atoms with E-state index >= 15 is 0 Å². The summed E-state index contributed by atoms with van der Waals surface area (Å²) in [5.41, 5.74) is 3.19. The molecule has 0 spiro atoms. The molecule has 1 heterocycles. The van der Waals surface area contributed by atoms with Crippen molar-refractivity contribution < 1.29 is 13.9 Å². The van der Waals surface area contributed by atoms with Crippen LogP contribution in [-0.2, 0) is 11.2 Å². The number of hydrogen-bond donors (Lipinski definition) is 1. The largest absolute Gasteiger partial charge is 0.484 e. The Balaban J connectivity index is 1.61. The van der Waals surface area contributed by atoms with Crippen LogP contribution in [-0.4, -0.2) is 26.1 Å². The minimum atomic E-state index is -0.388. The first-order chi connectivity index (χ1) is 11.1. The zero-order valence-electron chi connectivity index (χ0n) is 13.0. The van der Waals surface area contributed by atoms with Gasteiger partial charge in [0.2, 0.25) is 0 Å². The van der Waals surface area contributed by atoms with Gasteiger partial charge in [-0.3, -0.25) is 4.79 Å². The molecule has 1 amide bonds. The van der Waals surface area contributed by atoms with E-state index < -0.39 is 0 Å². The number of amides is 1. The number of rotatable bonds is 4. The second-order valence-electron chi connectivity index (χ2n) is 5.66. The van der Waals surface area contributed by atoms with Crippen molar-refractivity contribution in [1.29, 1.82) is 0 Å². The minimum absolute atomic E-state index is 0.156. The van der Waals surface area contributed by atoms with Crippen LogP contribution in [0.15, 0.2) is 42.5 Å². The number of fused-ring (bicyclic) bond motifs is 1. The molecule has 2 aromatic carbocycles. The lowest BCUT2D eigenvalue weighted by molar-refractivity contribution is -0.118. The smallest absolute Gasteiger partial charge is 0.262 e. The van der Waals surface area contributed by atoms with Crippen molar-refractivity contribution in [2.75, 3.05) is 30.4 Å². The monoisotopic (exact) mass is 314 g/mol. The predicted octanol–water partition coefficient (Wildman–Crippen LogP) is 3.23. The van der Waals surface area contributed by atoms with Crippen LogP contribution in [0.3, 0.4) is 0 Å². The Morgan fingerprint density at radius 2 is 2.17 bits per heavy atom. The van der Waals surface area contributed by atoms with Gasteiger partial charge in [0.15, 0.2) is 6.61 Å². The summed E-state index contributed by atoms with van der Waals surface area (Å²) in [5.74, 6) is -0.321. The normalized spacial score (nSPS) is 13.4. The van der Waals surface area contributed by atoms with E-state index in [1.807, 2.05) is 18.2 Å². The van der Waals surface area contributed by atoms with E-state index in [0.717, 1.165) is 30.8 Å². The number of nitrogens with one attached hydrogen (secondary N) is 1. The van der Waals surface area contributed by atoms with Crippen molar-refractivity contribution in [3.05, 3.63) is 53.8 Å². The third-order valence-corrected chi connectivity index (χ3v) is 3.89. The Hall–Kier alpha value is -2.56. The van der Waals surface area contributed by atoms with Gasteiger partial charge in [0.1, 0.15) is 11.6 Å². The van der Waals surface area contributed by atoms with Crippen LogP contribution in [0.2, 0.25) is 0 Å². The summed E-state index contributed by atoms with van der Waals surface area (Å²) in [5, 5.41) is 2.81. The molecule has 2 aromatic rings. The molecule has 0 bridgehead atoms. The Morgan fingerprint density at radius 3 is 3.00 bits per heavy atom. The molecule has 23 heavy (non-hydrogen) atoms. The first-order valence-corrected chi connectivity index (χ1v) is 7.64. The number of anilines is 2. The maximum Gasteiger partial charge on any atom is 0.262 e.